The van der Waals surface area contributed by atoms with Crippen LogP contribution in [0.4, 0.5) is 0 Å². The summed E-state index contributed by atoms with van der Waals surface area (Å²) in [5, 5.41) is 3.35. The standard InChI is InChI=1S/C14H19N3O2S/c1-4-6-7-17-8-16-13-10(14(17)19)9(3)11(20-13)12(18)15-5-2/h8H,4-7H2,1-3H3,(H,15,18). The Balaban J connectivity index is 2.52. The number of thiophene rings is 1. The van der Waals surface area contributed by atoms with Gasteiger partial charge in [-0.05, 0) is 25.8 Å². The number of rotatable bonds is 5. The molecule has 0 aromatic carbocycles. The van der Waals surface area contributed by atoms with Crippen LogP contribution in [-0.2, 0) is 6.54 Å². The highest BCUT2D eigenvalue weighted by Gasteiger charge is 2.18. The number of unbranched alkanes of at least 4 members (excludes halogenated alkanes) is 1. The molecule has 2 rings (SSSR count). The molecule has 0 fully saturated rings. The van der Waals surface area contributed by atoms with Crippen LogP contribution in [0.1, 0.15) is 41.9 Å². The molecule has 0 aliphatic rings. The number of hydrogen-bond acceptors (Lipinski definition) is 4. The SMILES string of the molecule is CCCCn1cnc2sc(C(=O)NCC)c(C)c2c1=O. The van der Waals surface area contributed by atoms with Crippen LogP contribution >= 0.6 is 11.3 Å². The second kappa shape index (κ2) is 6.17. The molecule has 0 radical (unpaired) electrons. The highest BCUT2D eigenvalue weighted by atomic mass is 32.1. The first-order chi connectivity index (χ1) is 9.60. The maximum atomic E-state index is 12.4. The van der Waals surface area contributed by atoms with Crippen molar-refractivity contribution in [3.8, 4) is 0 Å². The Morgan fingerprint density at radius 3 is 2.85 bits per heavy atom. The Labute approximate surface area is 121 Å². The van der Waals surface area contributed by atoms with E-state index in [1.165, 1.54) is 11.3 Å². The van der Waals surface area contributed by atoms with E-state index in [0.29, 0.717) is 28.2 Å². The molecule has 1 amide bonds. The van der Waals surface area contributed by atoms with Gasteiger partial charge in [-0.15, -0.1) is 11.3 Å². The Morgan fingerprint density at radius 2 is 2.20 bits per heavy atom. The zero-order valence-corrected chi connectivity index (χ0v) is 12.8. The number of amides is 1. The van der Waals surface area contributed by atoms with Crippen molar-refractivity contribution in [3.63, 3.8) is 0 Å². The van der Waals surface area contributed by atoms with Gasteiger partial charge in [-0.2, -0.15) is 0 Å². The molecule has 2 aromatic heterocycles. The molecule has 108 valence electrons. The van der Waals surface area contributed by atoms with E-state index in [9.17, 15) is 9.59 Å². The second-order valence-electron chi connectivity index (χ2n) is 4.69. The lowest BCUT2D eigenvalue weighted by Gasteiger charge is -2.03. The van der Waals surface area contributed by atoms with Crippen molar-refractivity contribution >= 4 is 27.5 Å². The molecule has 0 aliphatic carbocycles. The summed E-state index contributed by atoms with van der Waals surface area (Å²) < 4.78 is 1.63. The predicted molar refractivity (Wildman–Crippen MR) is 81.5 cm³/mol. The Bertz CT molecular complexity index is 688. The van der Waals surface area contributed by atoms with Crippen LogP contribution in [0.25, 0.3) is 10.2 Å². The summed E-state index contributed by atoms with van der Waals surface area (Å²) in [6.07, 6.45) is 3.55. The molecule has 2 aromatic rings. The second-order valence-corrected chi connectivity index (χ2v) is 5.69. The molecule has 0 unspecified atom stereocenters. The number of fused-ring (bicyclic) bond motifs is 1. The average Bonchev–Trinajstić information content (AvgIpc) is 2.76. The minimum atomic E-state index is -0.132. The van der Waals surface area contributed by atoms with Crippen molar-refractivity contribution in [2.24, 2.45) is 0 Å². The van der Waals surface area contributed by atoms with Gasteiger partial charge >= 0.3 is 0 Å². The third-order valence-corrected chi connectivity index (χ3v) is 4.41. The fourth-order valence-electron chi connectivity index (χ4n) is 2.10. The fraction of sp³-hybridized carbons (Fsp3) is 0.500. The fourth-order valence-corrected chi connectivity index (χ4v) is 3.16. The summed E-state index contributed by atoms with van der Waals surface area (Å²) in [7, 11) is 0. The summed E-state index contributed by atoms with van der Waals surface area (Å²) in [6, 6.07) is 0. The van der Waals surface area contributed by atoms with E-state index in [4.69, 9.17) is 0 Å². The van der Waals surface area contributed by atoms with Crippen molar-refractivity contribution < 1.29 is 4.79 Å². The Hall–Kier alpha value is -1.69. The van der Waals surface area contributed by atoms with Crippen LogP contribution < -0.4 is 10.9 Å². The molecular weight excluding hydrogens is 274 g/mol. The molecule has 0 spiro atoms. The Morgan fingerprint density at radius 1 is 1.45 bits per heavy atom. The molecule has 0 aliphatic heterocycles. The van der Waals surface area contributed by atoms with E-state index in [2.05, 4.69) is 17.2 Å². The van der Waals surface area contributed by atoms with Gasteiger partial charge in [0.1, 0.15) is 4.83 Å². The summed E-state index contributed by atoms with van der Waals surface area (Å²) in [6.45, 7) is 7.01. The van der Waals surface area contributed by atoms with Gasteiger partial charge in [-0.3, -0.25) is 14.2 Å². The number of nitrogens with one attached hydrogen (secondary N) is 1. The van der Waals surface area contributed by atoms with Crippen molar-refractivity contribution in [1.82, 2.24) is 14.9 Å². The lowest BCUT2D eigenvalue weighted by Crippen LogP contribution is -2.23. The summed E-state index contributed by atoms with van der Waals surface area (Å²) >= 11 is 1.28. The van der Waals surface area contributed by atoms with Crippen LogP contribution in [-0.4, -0.2) is 22.0 Å². The smallest absolute Gasteiger partial charge is 0.262 e. The lowest BCUT2D eigenvalue weighted by molar-refractivity contribution is 0.0959. The van der Waals surface area contributed by atoms with Crippen LogP contribution in [0, 0.1) is 6.92 Å². The topological polar surface area (TPSA) is 64.0 Å². The number of aryl methyl sites for hydroxylation is 2. The first-order valence-corrected chi connectivity index (χ1v) is 7.68. The maximum Gasteiger partial charge on any atom is 0.262 e. The van der Waals surface area contributed by atoms with Crippen molar-refractivity contribution in [3.05, 3.63) is 27.1 Å². The van der Waals surface area contributed by atoms with Crippen LogP contribution in [0.3, 0.4) is 0 Å². The normalized spacial score (nSPS) is 10.9. The number of carbonyl (C=O) groups is 1. The van der Waals surface area contributed by atoms with Crippen molar-refractivity contribution in [2.45, 2.75) is 40.2 Å². The third-order valence-electron chi connectivity index (χ3n) is 3.21. The molecule has 6 heteroatoms. The molecule has 1 N–H and O–H groups in total. The first-order valence-electron chi connectivity index (χ1n) is 6.86. The van der Waals surface area contributed by atoms with Gasteiger partial charge in [-0.25, -0.2) is 4.98 Å². The highest BCUT2D eigenvalue weighted by molar-refractivity contribution is 7.20. The first kappa shape index (κ1) is 14.7. The monoisotopic (exact) mass is 293 g/mol. The van der Waals surface area contributed by atoms with Gasteiger partial charge in [-0.1, -0.05) is 13.3 Å². The van der Waals surface area contributed by atoms with E-state index >= 15 is 0 Å². The van der Waals surface area contributed by atoms with Crippen LogP contribution in [0.2, 0.25) is 0 Å². The van der Waals surface area contributed by atoms with Crippen LogP contribution in [0.5, 0.6) is 0 Å². The van der Waals surface area contributed by atoms with Crippen molar-refractivity contribution in [1.29, 1.82) is 0 Å². The van der Waals surface area contributed by atoms with E-state index in [1.807, 2.05) is 13.8 Å². The zero-order valence-electron chi connectivity index (χ0n) is 12.0. The zero-order chi connectivity index (χ0) is 14.7. The predicted octanol–water partition coefficient (Wildman–Crippen LogP) is 2.32. The molecule has 5 nitrogen and oxygen atoms in total. The summed E-state index contributed by atoms with van der Waals surface area (Å²) in [5.74, 6) is -0.132. The van der Waals surface area contributed by atoms with Gasteiger partial charge in [0, 0.05) is 13.1 Å². The number of aromatic nitrogens is 2. The van der Waals surface area contributed by atoms with Gasteiger partial charge in [0.05, 0.1) is 16.6 Å². The van der Waals surface area contributed by atoms with E-state index in [0.717, 1.165) is 18.4 Å². The summed E-state index contributed by atoms with van der Waals surface area (Å²) in [4.78, 5) is 30.0. The third kappa shape index (κ3) is 2.60. The average molecular weight is 293 g/mol. The minimum absolute atomic E-state index is 0.0484. The largest absolute Gasteiger partial charge is 0.352 e. The molecular formula is C14H19N3O2S. The molecule has 2 heterocycles. The lowest BCUT2D eigenvalue weighted by atomic mass is 10.2. The van der Waals surface area contributed by atoms with E-state index in [1.54, 1.807) is 10.9 Å². The van der Waals surface area contributed by atoms with Gasteiger partial charge in [0.2, 0.25) is 0 Å². The molecule has 0 saturated heterocycles. The molecule has 0 bridgehead atoms. The van der Waals surface area contributed by atoms with Crippen LogP contribution in [0.15, 0.2) is 11.1 Å². The molecule has 0 saturated carbocycles. The Kier molecular flexibility index (Phi) is 4.54. The van der Waals surface area contributed by atoms with E-state index in [-0.39, 0.29) is 11.5 Å². The van der Waals surface area contributed by atoms with E-state index < -0.39 is 0 Å². The van der Waals surface area contributed by atoms with Gasteiger partial charge in [0.15, 0.2) is 0 Å². The summed E-state index contributed by atoms with van der Waals surface area (Å²) in [5.41, 5.74) is 0.687. The van der Waals surface area contributed by atoms with Gasteiger partial charge < -0.3 is 5.32 Å². The number of hydrogen-bond donors (Lipinski definition) is 1. The maximum absolute atomic E-state index is 12.4. The van der Waals surface area contributed by atoms with Gasteiger partial charge in [0.25, 0.3) is 11.5 Å². The highest BCUT2D eigenvalue weighted by Crippen LogP contribution is 2.26. The number of carbonyl (C=O) groups excluding carboxylic acids is 1. The minimum Gasteiger partial charge on any atom is -0.352 e. The van der Waals surface area contributed by atoms with Crippen molar-refractivity contribution in [2.75, 3.05) is 6.54 Å². The molecule has 0 atom stereocenters. The quantitative estimate of drug-likeness (QED) is 0.920. The molecule has 20 heavy (non-hydrogen) atoms. The number of nitrogens with zero attached hydrogens (tertiary/aromatic N) is 2.